The maximum atomic E-state index is 13.6. The number of halogens is 4. The van der Waals surface area contributed by atoms with Crippen LogP contribution in [0, 0.1) is 5.82 Å². The van der Waals surface area contributed by atoms with Gasteiger partial charge in [-0.1, -0.05) is 11.6 Å². The Morgan fingerprint density at radius 2 is 1.92 bits per heavy atom. The molecule has 1 aromatic heterocycles. The Hall–Kier alpha value is -3.48. The summed E-state index contributed by atoms with van der Waals surface area (Å²) in [6.45, 7) is 4.61. The second kappa shape index (κ2) is 10.9. The number of hydrogen-bond donors (Lipinski definition) is 2. The minimum Gasteiger partial charge on any atom is -0.484 e. The summed E-state index contributed by atoms with van der Waals surface area (Å²) in [6.07, 6.45) is 0.825. The number of nitrogens with one attached hydrogen (secondary N) is 2. The van der Waals surface area contributed by atoms with Crippen LogP contribution in [0.3, 0.4) is 0 Å². The Morgan fingerprint density at radius 1 is 1.21 bits per heavy atom. The van der Waals surface area contributed by atoms with Gasteiger partial charge in [-0.3, -0.25) is 19.2 Å². The predicted octanol–water partition coefficient (Wildman–Crippen LogP) is 4.16. The molecule has 1 saturated carbocycles. The van der Waals surface area contributed by atoms with Gasteiger partial charge in [0.1, 0.15) is 29.3 Å². The lowest BCUT2D eigenvalue weighted by molar-refractivity contribution is -0.125. The van der Waals surface area contributed by atoms with E-state index in [0.717, 1.165) is 10.7 Å². The molecule has 0 radical (unpaired) electrons. The molecule has 1 aliphatic carbocycles. The van der Waals surface area contributed by atoms with Gasteiger partial charge < -0.3 is 20.1 Å². The number of amides is 3. The topological polar surface area (TPSA) is 115 Å². The second-order valence-electron chi connectivity index (χ2n) is 10.5. The third kappa shape index (κ3) is 7.34. The van der Waals surface area contributed by atoms with Crippen molar-refractivity contribution >= 4 is 35.3 Å². The van der Waals surface area contributed by atoms with Crippen molar-refractivity contribution in [2.45, 2.75) is 69.7 Å². The van der Waals surface area contributed by atoms with E-state index in [4.69, 9.17) is 21.1 Å². The summed E-state index contributed by atoms with van der Waals surface area (Å²) in [5.41, 5.74) is -0.843. The van der Waals surface area contributed by atoms with Crippen molar-refractivity contribution in [2.75, 3.05) is 18.5 Å². The highest BCUT2D eigenvalue weighted by molar-refractivity contribution is 6.30. The highest BCUT2D eigenvalue weighted by Crippen LogP contribution is 2.52. The van der Waals surface area contributed by atoms with Crippen molar-refractivity contribution in [3.05, 3.63) is 41.3 Å². The molecular formula is C25H29ClF3N5O5. The van der Waals surface area contributed by atoms with Gasteiger partial charge in [0.2, 0.25) is 5.91 Å². The number of anilines is 1. The van der Waals surface area contributed by atoms with E-state index in [1.165, 1.54) is 29.3 Å². The number of piperidine rings is 1. The molecule has 2 aliphatic rings. The zero-order valence-electron chi connectivity index (χ0n) is 21.5. The fourth-order valence-electron chi connectivity index (χ4n) is 4.14. The number of nitrogens with zero attached hydrogens (tertiary/aromatic N) is 3. The largest absolute Gasteiger partial charge is 0.484 e. The molecular weight excluding hydrogens is 543 g/mol. The molecule has 2 aromatic rings. The van der Waals surface area contributed by atoms with E-state index in [0.29, 0.717) is 6.42 Å². The Balaban J connectivity index is 1.37. The van der Waals surface area contributed by atoms with E-state index < -0.39 is 60.0 Å². The lowest BCUT2D eigenvalue weighted by Gasteiger charge is -2.39. The molecule has 2 heterocycles. The van der Waals surface area contributed by atoms with Crippen LogP contribution in [0.1, 0.15) is 46.1 Å². The monoisotopic (exact) mass is 571 g/mol. The van der Waals surface area contributed by atoms with E-state index in [2.05, 4.69) is 15.7 Å². The first-order valence-corrected chi connectivity index (χ1v) is 12.7. The Bertz CT molecular complexity index is 1250. The maximum absolute atomic E-state index is 13.6. The third-order valence-electron chi connectivity index (χ3n) is 6.11. The van der Waals surface area contributed by atoms with Crippen LogP contribution in [0.4, 0.5) is 23.8 Å². The van der Waals surface area contributed by atoms with E-state index in [9.17, 15) is 27.6 Å². The van der Waals surface area contributed by atoms with Gasteiger partial charge in [-0.25, -0.2) is 18.0 Å². The van der Waals surface area contributed by atoms with E-state index in [1.54, 1.807) is 20.8 Å². The lowest BCUT2D eigenvalue weighted by Crippen LogP contribution is -2.58. The fraction of sp³-hybridized carbons (Fsp3) is 0.520. The van der Waals surface area contributed by atoms with Crippen molar-refractivity contribution < 1.29 is 37.0 Å². The van der Waals surface area contributed by atoms with Gasteiger partial charge in [0.25, 0.3) is 11.8 Å². The van der Waals surface area contributed by atoms with Gasteiger partial charge in [0, 0.05) is 37.3 Å². The molecule has 39 heavy (non-hydrogen) atoms. The fourth-order valence-corrected chi connectivity index (χ4v) is 4.26. The Morgan fingerprint density at radius 3 is 2.56 bits per heavy atom. The van der Waals surface area contributed by atoms with Gasteiger partial charge in [0.15, 0.2) is 12.4 Å². The van der Waals surface area contributed by atoms with Crippen molar-refractivity contribution in [1.82, 2.24) is 20.0 Å². The minimum absolute atomic E-state index is 0.0307. The van der Waals surface area contributed by atoms with Crippen LogP contribution >= 0.6 is 11.6 Å². The highest BCUT2D eigenvalue weighted by atomic mass is 35.5. The third-order valence-corrected chi connectivity index (χ3v) is 6.42. The van der Waals surface area contributed by atoms with Gasteiger partial charge in [-0.05, 0) is 45.7 Å². The average molecular weight is 572 g/mol. The first kappa shape index (κ1) is 28.5. The first-order valence-electron chi connectivity index (χ1n) is 12.3. The Labute approximate surface area is 227 Å². The number of rotatable bonds is 7. The normalized spacial score (nSPS) is 22.1. The van der Waals surface area contributed by atoms with Gasteiger partial charge in [-0.2, -0.15) is 5.10 Å². The number of aromatic nitrogens is 2. The van der Waals surface area contributed by atoms with Gasteiger partial charge in [0.05, 0.1) is 5.02 Å². The van der Waals surface area contributed by atoms with Crippen LogP contribution in [-0.4, -0.2) is 69.3 Å². The maximum Gasteiger partial charge on any atom is 0.411 e. The Kier molecular flexibility index (Phi) is 8.01. The van der Waals surface area contributed by atoms with Crippen molar-refractivity contribution in [1.29, 1.82) is 0 Å². The van der Waals surface area contributed by atoms with Crippen LogP contribution in [0.2, 0.25) is 5.02 Å². The van der Waals surface area contributed by atoms with Gasteiger partial charge >= 0.3 is 6.09 Å². The number of carbonyl (C=O) groups is 3. The first-order chi connectivity index (χ1) is 18.2. The number of carbonyl (C=O) groups excluding carboxylic acids is 3. The summed E-state index contributed by atoms with van der Waals surface area (Å²) >= 11 is 5.64. The van der Waals surface area contributed by atoms with Crippen molar-refractivity contribution in [2.24, 2.45) is 0 Å². The van der Waals surface area contributed by atoms with Crippen LogP contribution in [0.5, 0.6) is 5.75 Å². The molecule has 1 aromatic carbocycles. The molecule has 3 amide bonds. The van der Waals surface area contributed by atoms with Crippen LogP contribution in [-0.2, 0) is 14.3 Å². The molecule has 0 bridgehead atoms. The van der Waals surface area contributed by atoms with Crippen molar-refractivity contribution in [3.8, 4) is 5.75 Å². The van der Waals surface area contributed by atoms with Gasteiger partial charge in [-0.15, -0.1) is 0 Å². The quantitative estimate of drug-likeness (QED) is 0.516. The lowest BCUT2D eigenvalue weighted by atomic mass is 9.97. The molecule has 0 spiro atoms. The minimum atomic E-state index is -2.82. The average Bonchev–Trinajstić information content (AvgIpc) is 3.24. The summed E-state index contributed by atoms with van der Waals surface area (Å²) in [4.78, 5) is 39.8. The number of benzene rings is 1. The van der Waals surface area contributed by atoms with Crippen molar-refractivity contribution in [3.63, 3.8) is 0 Å². The van der Waals surface area contributed by atoms with Crippen LogP contribution in [0.15, 0.2) is 30.5 Å². The van der Waals surface area contributed by atoms with E-state index in [1.807, 2.05) is 0 Å². The standard InChI is InChI=1S/C25H29ClF3N5O5/c1-24(2,3)39-23(37)33-12-14(30-21(35)13-38-15-5-6-16(26)17(27)10-15)4-7-18(33)22(36)31-20-8-9-34(32-20)19-11-25(19,28)29/h5-6,8-10,14,18-19H,4,7,11-13H2,1-3H3,(H,30,35)(H,31,32,36)/t14?,18-,19?/m0/s1. The highest BCUT2D eigenvalue weighted by Gasteiger charge is 2.59. The molecule has 4 rings (SSSR count). The summed E-state index contributed by atoms with van der Waals surface area (Å²) in [5, 5.41) is 9.26. The zero-order chi connectivity index (χ0) is 28.5. The molecule has 212 valence electrons. The predicted molar refractivity (Wildman–Crippen MR) is 134 cm³/mol. The number of alkyl halides is 2. The number of hydrogen-bond acceptors (Lipinski definition) is 6. The van der Waals surface area contributed by atoms with E-state index in [-0.39, 0.29) is 36.0 Å². The van der Waals surface area contributed by atoms with E-state index >= 15 is 0 Å². The SMILES string of the molecule is CC(C)(C)OC(=O)N1CC(NC(=O)COc2ccc(Cl)c(F)c2)CC[C@H]1C(=O)Nc1ccn(C2CC2(F)F)n1. The molecule has 10 nitrogen and oxygen atoms in total. The van der Waals surface area contributed by atoms with Crippen LogP contribution < -0.4 is 15.4 Å². The number of likely N-dealkylation sites (tertiary alicyclic amines) is 1. The molecule has 14 heteroatoms. The number of ether oxygens (including phenoxy) is 2. The van der Waals surface area contributed by atoms with Crippen LogP contribution in [0.25, 0.3) is 0 Å². The summed E-state index contributed by atoms with van der Waals surface area (Å²) in [7, 11) is 0. The molecule has 2 fully saturated rings. The summed E-state index contributed by atoms with van der Waals surface area (Å²) in [5.74, 6) is -4.37. The molecule has 1 aliphatic heterocycles. The second-order valence-corrected chi connectivity index (χ2v) is 10.9. The summed E-state index contributed by atoms with van der Waals surface area (Å²) < 4.78 is 52.2. The molecule has 2 N–H and O–H groups in total. The smallest absolute Gasteiger partial charge is 0.411 e. The summed E-state index contributed by atoms with van der Waals surface area (Å²) in [6, 6.07) is 2.69. The molecule has 2 unspecified atom stereocenters. The molecule has 1 saturated heterocycles. The zero-order valence-corrected chi connectivity index (χ0v) is 22.3. The molecule has 3 atom stereocenters.